The molecule has 0 atom stereocenters. The summed E-state index contributed by atoms with van der Waals surface area (Å²) in [5.41, 5.74) is 0. The van der Waals surface area contributed by atoms with Crippen LogP contribution < -0.4 is 5.32 Å². The van der Waals surface area contributed by atoms with E-state index in [0.29, 0.717) is 6.54 Å². The zero-order chi connectivity index (χ0) is 8.69. The zero-order valence-corrected chi connectivity index (χ0v) is 7.40. The summed E-state index contributed by atoms with van der Waals surface area (Å²) in [6.45, 7) is 6.19. The largest absolute Gasteiger partial charge is 0.345 e. The summed E-state index contributed by atoms with van der Waals surface area (Å²) >= 11 is 0. The van der Waals surface area contributed by atoms with Gasteiger partial charge in [-0.05, 0) is 0 Å². The molecule has 0 aliphatic rings. The number of amides is 1. The highest BCUT2D eigenvalue weighted by Gasteiger charge is 2.02. The standard InChI is InChI=1S/C9H15NO.H2/c1-4-5-6-7-10-9(11)8(2)3;/h8H,4,7H2,1-3H3,(H,10,11);1H. The molecule has 0 aromatic heterocycles. The second kappa shape index (κ2) is 5.79. The van der Waals surface area contributed by atoms with Crippen molar-refractivity contribution in [2.45, 2.75) is 27.2 Å². The summed E-state index contributed by atoms with van der Waals surface area (Å²) in [4.78, 5) is 10.9. The van der Waals surface area contributed by atoms with Gasteiger partial charge in [0.1, 0.15) is 0 Å². The van der Waals surface area contributed by atoms with Gasteiger partial charge >= 0.3 is 0 Å². The minimum atomic E-state index is 0. The van der Waals surface area contributed by atoms with Crippen LogP contribution >= 0.6 is 0 Å². The van der Waals surface area contributed by atoms with Crippen LogP contribution in [-0.2, 0) is 4.79 Å². The molecule has 0 unspecified atom stereocenters. The molecule has 0 heterocycles. The predicted molar refractivity (Wildman–Crippen MR) is 48.0 cm³/mol. The Morgan fingerprint density at radius 2 is 2.18 bits per heavy atom. The zero-order valence-electron chi connectivity index (χ0n) is 7.40. The third-order valence-electron chi connectivity index (χ3n) is 1.18. The van der Waals surface area contributed by atoms with Gasteiger partial charge in [-0.3, -0.25) is 4.79 Å². The van der Waals surface area contributed by atoms with Crippen molar-refractivity contribution in [3.05, 3.63) is 0 Å². The first-order chi connectivity index (χ1) is 5.18. The fourth-order valence-electron chi connectivity index (χ4n) is 0.523. The Morgan fingerprint density at radius 1 is 1.55 bits per heavy atom. The van der Waals surface area contributed by atoms with Crippen molar-refractivity contribution in [2.24, 2.45) is 5.92 Å². The molecule has 0 saturated heterocycles. The van der Waals surface area contributed by atoms with Crippen molar-refractivity contribution in [1.29, 1.82) is 0 Å². The van der Waals surface area contributed by atoms with E-state index in [9.17, 15) is 4.79 Å². The van der Waals surface area contributed by atoms with Crippen LogP contribution in [0.2, 0.25) is 0 Å². The van der Waals surface area contributed by atoms with Crippen molar-refractivity contribution in [3.8, 4) is 11.8 Å². The molecule has 1 N–H and O–H groups in total. The van der Waals surface area contributed by atoms with E-state index in [1.165, 1.54) is 0 Å². The van der Waals surface area contributed by atoms with Gasteiger partial charge in [0.15, 0.2) is 0 Å². The Labute approximate surface area is 69.9 Å². The normalized spacial score (nSPS) is 8.73. The van der Waals surface area contributed by atoms with E-state index in [1.807, 2.05) is 20.8 Å². The summed E-state index contributed by atoms with van der Waals surface area (Å²) in [5.74, 6) is 5.84. The van der Waals surface area contributed by atoms with Crippen LogP contribution in [0.25, 0.3) is 0 Å². The SMILES string of the molecule is CCC#CCNC(=O)C(C)C.[HH]. The van der Waals surface area contributed by atoms with Crippen LogP contribution in [0.15, 0.2) is 0 Å². The minimum absolute atomic E-state index is 0. The molecule has 0 aliphatic heterocycles. The monoisotopic (exact) mass is 155 g/mol. The van der Waals surface area contributed by atoms with Crippen LogP contribution in [0.1, 0.15) is 28.6 Å². The number of nitrogens with one attached hydrogen (secondary N) is 1. The molecule has 0 fully saturated rings. The second-order valence-corrected chi connectivity index (χ2v) is 2.58. The van der Waals surface area contributed by atoms with Gasteiger partial charge in [-0.15, -0.1) is 5.92 Å². The Balaban J connectivity index is 0. The third-order valence-corrected chi connectivity index (χ3v) is 1.18. The molecule has 2 nitrogen and oxygen atoms in total. The fourth-order valence-corrected chi connectivity index (χ4v) is 0.523. The van der Waals surface area contributed by atoms with Gasteiger partial charge in [0, 0.05) is 13.8 Å². The number of carbonyl (C=O) groups excluding carboxylic acids is 1. The van der Waals surface area contributed by atoms with Crippen LogP contribution in [0.3, 0.4) is 0 Å². The first kappa shape index (κ1) is 10.0. The molecule has 0 aromatic rings. The summed E-state index contributed by atoms with van der Waals surface area (Å²) in [5, 5.41) is 2.70. The first-order valence-corrected chi connectivity index (χ1v) is 3.92. The smallest absolute Gasteiger partial charge is 0.223 e. The molecule has 0 aromatic carbocycles. The van der Waals surface area contributed by atoms with Crippen molar-refractivity contribution < 1.29 is 6.22 Å². The highest BCUT2D eigenvalue weighted by molar-refractivity contribution is 5.78. The average molecular weight is 155 g/mol. The Bertz CT molecular complexity index is 179. The molecule has 11 heavy (non-hydrogen) atoms. The molecule has 0 radical (unpaired) electrons. The van der Waals surface area contributed by atoms with Gasteiger partial charge in [-0.25, -0.2) is 0 Å². The van der Waals surface area contributed by atoms with E-state index in [2.05, 4.69) is 17.2 Å². The third kappa shape index (κ3) is 5.47. The average Bonchev–Trinajstić information content (AvgIpc) is 1.97. The topological polar surface area (TPSA) is 29.1 Å². The molecule has 0 rings (SSSR count). The molecule has 64 valence electrons. The Kier molecular flexibility index (Phi) is 5.28. The number of hydrogen-bond acceptors (Lipinski definition) is 1. The van der Waals surface area contributed by atoms with Crippen molar-refractivity contribution in [2.75, 3.05) is 6.54 Å². The van der Waals surface area contributed by atoms with Gasteiger partial charge in [-0.1, -0.05) is 26.7 Å². The van der Waals surface area contributed by atoms with Crippen LogP contribution in [0.5, 0.6) is 0 Å². The summed E-state index contributed by atoms with van der Waals surface area (Å²) < 4.78 is 0. The lowest BCUT2D eigenvalue weighted by atomic mass is 10.2. The van der Waals surface area contributed by atoms with Gasteiger partial charge in [-0.2, -0.15) is 0 Å². The highest BCUT2D eigenvalue weighted by atomic mass is 16.1. The number of carbonyl (C=O) groups is 1. The van der Waals surface area contributed by atoms with E-state index >= 15 is 0 Å². The van der Waals surface area contributed by atoms with Crippen LogP contribution in [0.4, 0.5) is 0 Å². The number of rotatable bonds is 2. The maximum atomic E-state index is 10.9. The van der Waals surface area contributed by atoms with Gasteiger partial charge in [0.05, 0.1) is 6.54 Å². The van der Waals surface area contributed by atoms with Gasteiger partial charge < -0.3 is 5.32 Å². The molecular formula is C9H17NO. The van der Waals surface area contributed by atoms with E-state index in [-0.39, 0.29) is 13.3 Å². The van der Waals surface area contributed by atoms with Crippen LogP contribution in [0, 0.1) is 17.8 Å². The quantitative estimate of drug-likeness (QED) is 0.600. The predicted octanol–water partition coefficient (Wildman–Crippen LogP) is 1.42. The minimum Gasteiger partial charge on any atom is -0.345 e. The van der Waals surface area contributed by atoms with Crippen molar-refractivity contribution in [1.82, 2.24) is 5.32 Å². The Morgan fingerprint density at radius 3 is 2.64 bits per heavy atom. The fraction of sp³-hybridized carbons (Fsp3) is 0.667. The van der Waals surface area contributed by atoms with Crippen molar-refractivity contribution in [3.63, 3.8) is 0 Å². The molecular weight excluding hydrogens is 138 g/mol. The van der Waals surface area contributed by atoms with Gasteiger partial charge in [0.25, 0.3) is 0 Å². The lowest BCUT2D eigenvalue weighted by molar-refractivity contribution is -0.123. The Hall–Kier alpha value is -0.970. The summed E-state index contributed by atoms with van der Waals surface area (Å²) in [7, 11) is 0. The van der Waals surface area contributed by atoms with Crippen molar-refractivity contribution >= 4 is 5.91 Å². The molecule has 0 spiro atoms. The number of hydrogen-bond donors (Lipinski definition) is 1. The van der Waals surface area contributed by atoms with E-state index < -0.39 is 0 Å². The molecule has 0 saturated carbocycles. The first-order valence-electron chi connectivity index (χ1n) is 3.92. The summed E-state index contributed by atoms with van der Waals surface area (Å²) in [6, 6.07) is 0. The van der Waals surface area contributed by atoms with Crippen LogP contribution in [-0.4, -0.2) is 12.5 Å². The molecule has 1 amide bonds. The maximum absolute atomic E-state index is 10.9. The lowest BCUT2D eigenvalue weighted by Gasteiger charge is -2.02. The summed E-state index contributed by atoms with van der Waals surface area (Å²) in [6.07, 6.45) is 0.845. The maximum Gasteiger partial charge on any atom is 0.223 e. The van der Waals surface area contributed by atoms with E-state index in [0.717, 1.165) is 6.42 Å². The lowest BCUT2D eigenvalue weighted by Crippen LogP contribution is -2.27. The van der Waals surface area contributed by atoms with E-state index in [4.69, 9.17) is 0 Å². The van der Waals surface area contributed by atoms with Gasteiger partial charge in [0.2, 0.25) is 5.91 Å². The molecule has 0 aliphatic carbocycles. The highest BCUT2D eigenvalue weighted by Crippen LogP contribution is 1.88. The molecule has 2 heteroatoms. The molecule has 0 bridgehead atoms. The van der Waals surface area contributed by atoms with E-state index in [1.54, 1.807) is 0 Å². The second-order valence-electron chi connectivity index (χ2n) is 2.58.